The second-order valence-corrected chi connectivity index (χ2v) is 6.69. The average molecular weight is 399 g/mol. The molecule has 0 N–H and O–H groups in total. The van der Waals surface area contributed by atoms with Crippen molar-refractivity contribution in [3.05, 3.63) is 52.6 Å². The summed E-state index contributed by atoms with van der Waals surface area (Å²) in [4.78, 5) is 25.8. The number of hydrogen-bond donors (Lipinski definition) is 0. The molecule has 1 amide bonds. The number of esters is 1. The number of ether oxygens (including phenoxy) is 4. The molecule has 0 saturated carbocycles. The molecular formula is C22H25NO6. The summed E-state index contributed by atoms with van der Waals surface area (Å²) in [5, 5.41) is 0. The third-order valence-electron chi connectivity index (χ3n) is 5.21. The summed E-state index contributed by atoms with van der Waals surface area (Å²) in [5.74, 6) is 1.31. The zero-order valence-corrected chi connectivity index (χ0v) is 17.1. The van der Waals surface area contributed by atoms with Crippen LogP contribution < -0.4 is 14.2 Å². The van der Waals surface area contributed by atoms with E-state index in [4.69, 9.17) is 18.9 Å². The summed E-state index contributed by atoms with van der Waals surface area (Å²) in [6.45, 7) is 2.37. The van der Waals surface area contributed by atoms with Crippen LogP contribution in [0.1, 0.15) is 33.1 Å². The van der Waals surface area contributed by atoms with Crippen molar-refractivity contribution in [1.82, 2.24) is 4.90 Å². The first-order valence-corrected chi connectivity index (χ1v) is 9.31. The van der Waals surface area contributed by atoms with Gasteiger partial charge in [0.15, 0.2) is 11.5 Å². The Morgan fingerprint density at radius 1 is 1.07 bits per heavy atom. The first-order valence-electron chi connectivity index (χ1n) is 9.31. The van der Waals surface area contributed by atoms with E-state index in [1.165, 1.54) is 0 Å². The van der Waals surface area contributed by atoms with Crippen LogP contribution >= 0.6 is 0 Å². The van der Waals surface area contributed by atoms with Crippen molar-refractivity contribution in [2.24, 2.45) is 0 Å². The smallest absolute Gasteiger partial charge is 0.338 e. The molecule has 0 aromatic heterocycles. The molecule has 1 atom stereocenters. The number of hydrogen-bond acceptors (Lipinski definition) is 6. The van der Waals surface area contributed by atoms with Gasteiger partial charge in [-0.3, -0.25) is 4.79 Å². The highest BCUT2D eigenvalue weighted by Gasteiger charge is 2.36. The van der Waals surface area contributed by atoms with Crippen LogP contribution in [0.25, 0.3) is 0 Å². The van der Waals surface area contributed by atoms with Crippen LogP contribution in [-0.4, -0.2) is 51.8 Å². The molecule has 29 heavy (non-hydrogen) atoms. The maximum Gasteiger partial charge on any atom is 0.338 e. The number of carbonyl (C=O) groups is 2. The van der Waals surface area contributed by atoms with Crippen LogP contribution in [0.4, 0.5) is 0 Å². The molecule has 1 unspecified atom stereocenters. The Morgan fingerprint density at radius 3 is 2.31 bits per heavy atom. The SMILES string of the molecule is COc1c(C)c(OC)c(OC)c2c1CCN(C=O)C2COC(=O)c1ccccc1. The van der Waals surface area contributed by atoms with Gasteiger partial charge in [0.2, 0.25) is 6.41 Å². The molecule has 7 heteroatoms. The Morgan fingerprint density at radius 2 is 1.72 bits per heavy atom. The van der Waals surface area contributed by atoms with Crippen molar-refractivity contribution in [2.45, 2.75) is 19.4 Å². The molecule has 0 saturated heterocycles. The summed E-state index contributed by atoms with van der Waals surface area (Å²) in [6, 6.07) is 8.23. The molecule has 1 heterocycles. The monoisotopic (exact) mass is 399 g/mol. The van der Waals surface area contributed by atoms with E-state index in [9.17, 15) is 9.59 Å². The van der Waals surface area contributed by atoms with Gasteiger partial charge in [0.25, 0.3) is 0 Å². The number of benzene rings is 2. The van der Waals surface area contributed by atoms with Gasteiger partial charge in [-0.15, -0.1) is 0 Å². The van der Waals surface area contributed by atoms with Crippen LogP contribution in [-0.2, 0) is 16.0 Å². The molecule has 2 aromatic carbocycles. The van der Waals surface area contributed by atoms with Crippen LogP contribution in [0, 0.1) is 6.92 Å². The predicted octanol–water partition coefficient (Wildman–Crippen LogP) is 2.93. The third-order valence-corrected chi connectivity index (χ3v) is 5.21. The van der Waals surface area contributed by atoms with E-state index in [0.29, 0.717) is 35.8 Å². The fourth-order valence-corrected chi connectivity index (χ4v) is 3.89. The van der Waals surface area contributed by atoms with Crippen LogP contribution in [0.3, 0.4) is 0 Å². The first kappa shape index (κ1) is 20.5. The van der Waals surface area contributed by atoms with Gasteiger partial charge in [0.1, 0.15) is 12.4 Å². The number of nitrogens with zero attached hydrogens (tertiary/aromatic N) is 1. The predicted molar refractivity (Wildman–Crippen MR) is 107 cm³/mol. The van der Waals surface area contributed by atoms with Gasteiger partial charge in [-0.25, -0.2) is 4.79 Å². The molecule has 2 aromatic rings. The molecule has 0 aliphatic carbocycles. The quantitative estimate of drug-likeness (QED) is 0.526. The summed E-state index contributed by atoms with van der Waals surface area (Å²) in [5.41, 5.74) is 2.95. The summed E-state index contributed by atoms with van der Waals surface area (Å²) < 4.78 is 22.4. The van der Waals surface area contributed by atoms with Crippen LogP contribution in [0.15, 0.2) is 30.3 Å². The highest BCUT2D eigenvalue weighted by Crippen LogP contribution is 2.49. The molecule has 154 valence electrons. The van der Waals surface area contributed by atoms with Gasteiger partial charge < -0.3 is 23.8 Å². The van der Waals surface area contributed by atoms with E-state index in [2.05, 4.69) is 0 Å². The molecule has 0 fully saturated rings. The molecule has 0 bridgehead atoms. The fraction of sp³-hybridized carbons (Fsp3) is 0.364. The number of rotatable bonds is 7. The topological polar surface area (TPSA) is 74.3 Å². The molecular weight excluding hydrogens is 374 g/mol. The minimum absolute atomic E-state index is 0.00873. The maximum absolute atomic E-state index is 12.4. The second kappa shape index (κ2) is 8.86. The normalized spacial score (nSPS) is 15.3. The Balaban J connectivity index is 2.03. The lowest BCUT2D eigenvalue weighted by Crippen LogP contribution is -2.38. The van der Waals surface area contributed by atoms with E-state index < -0.39 is 12.0 Å². The molecule has 0 spiro atoms. The number of amides is 1. The first-order chi connectivity index (χ1) is 14.1. The van der Waals surface area contributed by atoms with E-state index in [0.717, 1.165) is 23.1 Å². The number of fused-ring (bicyclic) bond motifs is 1. The summed E-state index contributed by atoms with van der Waals surface area (Å²) in [6.07, 6.45) is 1.36. The second-order valence-electron chi connectivity index (χ2n) is 6.69. The van der Waals surface area contributed by atoms with Crippen molar-refractivity contribution in [3.8, 4) is 17.2 Å². The van der Waals surface area contributed by atoms with Crippen LogP contribution in [0.2, 0.25) is 0 Å². The highest BCUT2D eigenvalue weighted by molar-refractivity contribution is 5.89. The Bertz CT molecular complexity index is 871. The Labute approximate surface area is 170 Å². The number of methoxy groups -OCH3 is 3. The molecule has 3 rings (SSSR count). The average Bonchev–Trinajstić information content (AvgIpc) is 2.76. The highest BCUT2D eigenvalue weighted by atomic mass is 16.5. The van der Waals surface area contributed by atoms with Gasteiger partial charge >= 0.3 is 5.97 Å². The molecule has 7 nitrogen and oxygen atoms in total. The summed E-state index contributed by atoms with van der Waals surface area (Å²) >= 11 is 0. The van der Waals surface area contributed by atoms with Gasteiger partial charge in [-0.1, -0.05) is 18.2 Å². The number of carbonyl (C=O) groups excluding carboxylic acids is 2. The van der Waals surface area contributed by atoms with Crippen LogP contribution in [0.5, 0.6) is 17.2 Å². The largest absolute Gasteiger partial charge is 0.496 e. The third kappa shape index (κ3) is 3.72. The van der Waals surface area contributed by atoms with Crippen molar-refractivity contribution < 1.29 is 28.5 Å². The zero-order chi connectivity index (χ0) is 21.0. The van der Waals surface area contributed by atoms with E-state index in [1.54, 1.807) is 50.5 Å². The standard InChI is InChI=1S/C22H25NO6/c1-14-19(26-2)16-10-11-23(13-24)17(18(16)21(28-4)20(14)27-3)12-29-22(25)15-8-6-5-7-9-15/h5-9,13,17H,10-12H2,1-4H3. The zero-order valence-electron chi connectivity index (χ0n) is 17.1. The van der Waals surface area contributed by atoms with Crippen molar-refractivity contribution >= 4 is 12.4 Å². The summed E-state index contributed by atoms with van der Waals surface area (Å²) in [7, 11) is 4.71. The van der Waals surface area contributed by atoms with E-state index in [-0.39, 0.29) is 6.61 Å². The minimum Gasteiger partial charge on any atom is -0.496 e. The van der Waals surface area contributed by atoms with Gasteiger partial charge in [-0.05, 0) is 25.5 Å². The minimum atomic E-state index is -0.512. The van der Waals surface area contributed by atoms with Gasteiger partial charge in [0, 0.05) is 23.2 Å². The van der Waals surface area contributed by atoms with Crippen molar-refractivity contribution in [2.75, 3.05) is 34.5 Å². The fourth-order valence-electron chi connectivity index (χ4n) is 3.89. The molecule has 1 aliphatic rings. The van der Waals surface area contributed by atoms with Gasteiger partial charge in [0.05, 0.1) is 32.9 Å². The Kier molecular flexibility index (Phi) is 6.26. The molecule has 1 aliphatic heterocycles. The maximum atomic E-state index is 12.4. The lowest BCUT2D eigenvalue weighted by molar-refractivity contribution is -0.121. The van der Waals surface area contributed by atoms with Crippen molar-refractivity contribution in [1.29, 1.82) is 0 Å². The van der Waals surface area contributed by atoms with E-state index in [1.807, 2.05) is 13.0 Å². The lowest BCUT2D eigenvalue weighted by atomic mass is 9.89. The van der Waals surface area contributed by atoms with Crippen molar-refractivity contribution in [3.63, 3.8) is 0 Å². The molecule has 0 radical (unpaired) electrons. The van der Waals surface area contributed by atoms with Gasteiger partial charge in [-0.2, -0.15) is 0 Å². The lowest BCUT2D eigenvalue weighted by Gasteiger charge is -2.37. The Hall–Kier alpha value is -3.22. The van der Waals surface area contributed by atoms with E-state index >= 15 is 0 Å².